The van der Waals surface area contributed by atoms with Gasteiger partial charge in [-0.3, -0.25) is 0 Å². The number of hydrogen-bond acceptors (Lipinski definition) is 2. The average Bonchev–Trinajstić information content (AvgIpc) is 3.02. The summed E-state index contributed by atoms with van der Waals surface area (Å²) in [5, 5.41) is 2.99. The largest absolute Gasteiger partial charge is 0.393 e. The molecule has 0 unspecified atom stereocenters. The molecule has 0 spiro atoms. The zero-order valence-corrected chi connectivity index (χ0v) is 9.55. The second kappa shape index (κ2) is 4.35. The van der Waals surface area contributed by atoms with Crippen molar-refractivity contribution in [1.82, 2.24) is 10.2 Å². The van der Waals surface area contributed by atoms with Gasteiger partial charge in [-0.25, -0.2) is 4.79 Å². The highest BCUT2D eigenvalue weighted by Gasteiger charge is 2.28. The zero-order chi connectivity index (χ0) is 10.8. The third kappa shape index (κ3) is 2.81. The molecule has 2 rings (SSSR count). The van der Waals surface area contributed by atoms with Crippen LogP contribution in [0.25, 0.3) is 0 Å². The lowest BCUT2D eigenvalue weighted by molar-refractivity contribution is 0.180. The lowest BCUT2D eigenvalue weighted by atomic mass is 9.97. The monoisotopic (exact) mass is 227 g/mol. The van der Waals surface area contributed by atoms with E-state index in [-0.39, 0.29) is 6.03 Å². The van der Waals surface area contributed by atoms with Gasteiger partial charge in [-0.2, -0.15) is 0 Å². The van der Waals surface area contributed by atoms with Gasteiger partial charge in [-0.1, -0.05) is 12.2 Å². The Balaban J connectivity index is 1.76. The number of amides is 2. The molecule has 15 heavy (non-hydrogen) atoms. The smallest absolute Gasteiger partial charge is 0.317 e. The number of piperidine rings is 1. The topological polar surface area (TPSA) is 58.4 Å². The van der Waals surface area contributed by atoms with Crippen LogP contribution in [0.4, 0.5) is 4.79 Å². The van der Waals surface area contributed by atoms with Gasteiger partial charge in [0.25, 0.3) is 0 Å². The maximum absolute atomic E-state index is 11.7. The summed E-state index contributed by atoms with van der Waals surface area (Å²) in [6.07, 6.45) is 4.09. The van der Waals surface area contributed by atoms with Gasteiger partial charge in [0.1, 0.15) is 0 Å². The number of nitrogens with one attached hydrogen (secondary N) is 1. The molecule has 0 aromatic heterocycles. The van der Waals surface area contributed by atoms with Crippen LogP contribution in [0.2, 0.25) is 0 Å². The van der Waals surface area contributed by atoms with E-state index in [1.165, 1.54) is 0 Å². The van der Waals surface area contributed by atoms with Gasteiger partial charge in [0, 0.05) is 25.0 Å². The molecule has 1 aliphatic heterocycles. The summed E-state index contributed by atoms with van der Waals surface area (Å²) in [6, 6.07) is 0.518. The molecule has 3 N–H and O–H groups in total. The molecule has 0 radical (unpaired) electrons. The van der Waals surface area contributed by atoms with Crippen molar-refractivity contribution in [3.05, 3.63) is 0 Å². The van der Waals surface area contributed by atoms with Crippen LogP contribution in [0.5, 0.6) is 0 Å². The standard InChI is InChI=1S/C10H17N3OS/c11-9(15)7-3-5-13(6-4-7)10(14)12-8-1-2-8/h7-8H,1-6H2,(H2,11,15)(H,12,14). The highest BCUT2D eigenvalue weighted by molar-refractivity contribution is 7.80. The molecule has 0 bridgehead atoms. The van der Waals surface area contributed by atoms with E-state index in [0.29, 0.717) is 16.9 Å². The molecular formula is C10H17N3OS. The van der Waals surface area contributed by atoms with Crippen LogP contribution in [0.3, 0.4) is 0 Å². The third-order valence-electron chi connectivity index (χ3n) is 3.09. The van der Waals surface area contributed by atoms with Crippen molar-refractivity contribution >= 4 is 23.2 Å². The zero-order valence-electron chi connectivity index (χ0n) is 8.74. The number of hydrogen-bond donors (Lipinski definition) is 2. The number of urea groups is 1. The first-order valence-corrected chi connectivity index (χ1v) is 5.92. The first-order valence-electron chi connectivity index (χ1n) is 5.51. The number of carbonyl (C=O) groups excluding carboxylic acids is 1. The molecule has 84 valence electrons. The van der Waals surface area contributed by atoms with Gasteiger partial charge in [-0.15, -0.1) is 0 Å². The molecule has 1 saturated carbocycles. The highest BCUT2D eigenvalue weighted by Crippen LogP contribution is 2.21. The van der Waals surface area contributed by atoms with Gasteiger partial charge in [-0.05, 0) is 25.7 Å². The quantitative estimate of drug-likeness (QED) is 0.688. The van der Waals surface area contributed by atoms with Crippen molar-refractivity contribution in [3.63, 3.8) is 0 Å². The summed E-state index contributed by atoms with van der Waals surface area (Å²) >= 11 is 4.96. The summed E-state index contributed by atoms with van der Waals surface area (Å²) in [5.41, 5.74) is 5.59. The predicted octanol–water partition coefficient (Wildman–Crippen LogP) is 0.856. The normalized spacial score (nSPS) is 22.5. The minimum Gasteiger partial charge on any atom is -0.393 e. The molecule has 1 aliphatic carbocycles. The number of carbonyl (C=O) groups is 1. The molecule has 0 aromatic rings. The first-order chi connectivity index (χ1) is 7.16. The van der Waals surface area contributed by atoms with Crippen LogP contribution >= 0.6 is 12.2 Å². The molecule has 1 heterocycles. The average molecular weight is 227 g/mol. The van der Waals surface area contributed by atoms with Crippen molar-refractivity contribution in [2.45, 2.75) is 31.7 Å². The SMILES string of the molecule is NC(=S)C1CCN(C(=O)NC2CC2)CC1. The Hall–Kier alpha value is -0.840. The van der Waals surface area contributed by atoms with Crippen LogP contribution in [0, 0.1) is 5.92 Å². The summed E-state index contributed by atoms with van der Waals surface area (Å²) < 4.78 is 0. The Kier molecular flexibility index (Phi) is 3.09. The molecule has 1 saturated heterocycles. The van der Waals surface area contributed by atoms with E-state index in [0.717, 1.165) is 38.8 Å². The van der Waals surface area contributed by atoms with E-state index >= 15 is 0 Å². The Morgan fingerprint density at radius 3 is 2.33 bits per heavy atom. The first kappa shape index (κ1) is 10.7. The number of nitrogens with two attached hydrogens (primary N) is 1. The second-order valence-corrected chi connectivity index (χ2v) is 4.86. The van der Waals surface area contributed by atoms with Crippen molar-refractivity contribution in [1.29, 1.82) is 0 Å². The molecule has 0 atom stereocenters. The Bertz CT molecular complexity index is 270. The Morgan fingerprint density at radius 1 is 1.27 bits per heavy atom. The number of nitrogens with zero attached hydrogens (tertiary/aromatic N) is 1. The molecule has 2 fully saturated rings. The minimum atomic E-state index is 0.0823. The van der Waals surface area contributed by atoms with Gasteiger partial charge in [0.2, 0.25) is 0 Å². The second-order valence-electron chi connectivity index (χ2n) is 4.39. The summed E-state index contributed by atoms with van der Waals surface area (Å²) in [7, 11) is 0. The van der Waals surface area contributed by atoms with Crippen LogP contribution in [-0.2, 0) is 0 Å². The Labute approximate surface area is 95.2 Å². The molecular weight excluding hydrogens is 210 g/mol. The van der Waals surface area contributed by atoms with Crippen LogP contribution in [0.15, 0.2) is 0 Å². The van der Waals surface area contributed by atoms with Crippen LogP contribution in [0.1, 0.15) is 25.7 Å². The lowest BCUT2D eigenvalue weighted by Gasteiger charge is -2.31. The summed E-state index contributed by atoms with van der Waals surface area (Å²) in [6.45, 7) is 1.56. The number of likely N-dealkylation sites (tertiary alicyclic amines) is 1. The predicted molar refractivity (Wildman–Crippen MR) is 62.6 cm³/mol. The lowest BCUT2D eigenvalue weighted by Crippen LogP contribution is -2.46. The minimum absolute atomic E-state index is 0.0823. The molecule has 2 aliphatic rings. The van der Waals surface area contributed by atoms with Gasteiger partial charge < -0.3 is 16.0 Å². The van der Waals surface area contributed by atoms with Crippen molar-refractivity contribution in [2.75, 3.05) is 13.1 Å². The van der Waals surface area contributed by atoms with Crippen LogP contribution in [-0.4, -0.2) is 35.1 Å². The number of thiocarbonyl (C=S) groups is 1. The van der Waals surface area contributed by atoms with E-state index < -0.39 is 0 Å². The van der Waals surface area contributed by atoms with Gasteiger partial charge in [0.05, 0.1) is 4.99 Å². The highest BCUT2D eigenvalue weighted by atomic mass is 32.1. The van der Waals surface area contributed by atoms with Crippen molar-refractivity contribution in [2.24, 2.45) is 11.7 Å². The van der Waals surface area contributed by atoms with Crippen LogP contribution < -0.4 is 11.1 Å². The Morgan fingerprint density at radius 2 is 1.87 bits per heavy atom. The molecule has 0 aromatic carbocycles. The fourth-order valence-electron chi connectivity index (χ4n) is 1.86. The summed E-state index contributed by atoms with van der Waals surface area (Å²) in [5.74, 6) is 0.324. The molecule has 2 amide bonds. The van der Waals surface area contributed by atoms with Crippen molar-refractivity contribution in [3.8, 4) is 0 Å². The van der Waals surface area contributed by atoms with Gasteiger partial charge >= 0.3 is 6.03 Å². The van der Waals surface area contributed by atoms with E-state index in [1.54, 1.807) is 0 Å². The van der Waals surface area contributed by atoms with E-state index in [1.807, 2.05) is 4.90 Å². The van der Waals surface area contributed by atoms with E-state index in [2.05, 4.69) is 5.32 Å². The molecule has 4 nitrogen and oxygen atoms in total. The van der Waals surface area contributed by atoms with Crippen molar-refractivity contribution < 1.29 is 4.79 Å². The van der Waals surface area contributed by atoms with E-state index in [9.17, 15) is 4.79 Å². The summed E-state index contributed by atoms with van der Waals surface area (Å²) in [4.78, 5) is 14.1. The van der Waals surface area contributed by atoms with E-state index in [4.69, 9.17) is 18.0 Å². The maximum Gasteiger partial charge on any atom is 0.317 e. The molecule has 5 heteroatoms. The fraction of sp³-hybridized carbons (Fsp3) is 0.800. The fourth-order valence-corrected chi connectivity index (χ4v) is 2.10. The third-order valence-corrected chi connectivity index (χ3v) is 3.42. The van der Waals surface area contributed by atoms with Gasteiger partial charge in [0.15, 0.2) is 0 Å². The number of rotatable bonds is 2. The maximum atomic E-state index is 11.7.